The average molecular weight is 302 g/mol. The largest absolute Gasteiger partial charge is 0.487 e. The number of nitro groups is 1. The van der Waals surface area contributed by atoms with Crippen molar-refractivity contribution in [1.82, 2.24) is 5.32 Å². The van der Waals surface area contributed by atoms with Crippen molar-refractivity contribution in [3.05, 3.63) is 33.9 Å². The van der Waals surface area contributed by atoms with Crippen molar-refractivity contribution in [2.45, 2.75) is 13.0 Å². The van der Waals surface area contributed by atoms with E-state index < -0.39 is 14.8 Å². The molecule has 0 radical (unpaired) electrons. The van der Waals surface area contributed by atoms with E-state index >= 15 is 0 Å². The molecular weight excluding hydrogens is 284 g/mol. The maximum atomic E-state index is 11.0. The molecule has 7 nitrogen and oxygen atoms in total. The lowest BCUT2D eigenvalue weighted by Crippen LogP contribution is -2.09. The summed E-state index contributed by atoms with van der Waals surface area (Å²) in [5.74, 6) is 0.155. The maximum absolute atomic E-state index is 11.0. The first-order chi connectivity index (χ1) is 9.33. The zero-order valence-corrected chi connectivity index (χ0v) is 12.3. The van der Waals surface area contributed by atoms with Gasteiger partial charge in [-0.1, -0.05) is 6.07 Å². The molecule has 0 saturated heterocycles. The number of hydrogen-bond acceptors (Lipinski definition) is 6. The zero-order valence-electron chi connectivity index (χ0n) is 11.5. The Morgan fingerprint density at radius 3 is 2.65 bits per heavy atom. The van der Waals surface area contributed by atoms with Gasteiger partial charge < -0.3 is 10.1 Å². The van der Waals surface area contributed by atoms with Gasteiger partial charge in [-0.05, 0) is 25.1 Å². The van der Waals surface area contributed by atoms with E-state index in [1.54, 1.807) is 13.1 Å². The fourth-order valence-electron chi connectivity index (χ4n) is 1.65. The summed E-state index contributed by atoms with van der Waals surface area (Å²) in [5, 5.41) is 13.9. The van der Waals surface area contributed by atoms with Crippen molar-refractivity contribution in [2.75, 3.05) is 25.7 Å². The van der Waals surface area contributed by atoms with Crippen molar-refractivity contribution in [2.24, 2.45) is 0 Å². The summed E-state index contributed by atoms with van der Waals surface area (Å²) in [6, 6.07) is 4.71. The monoisotopic (exact) mass is 302 g/mol. The van der Waals surface area contributed by atoms with E-state index in [4.69, 9.17) is 4.74 Å². The van der Waals surface area contributed by atoms with Crippen LogP contribution < -0.4 is 10.1 Å². The fraction of sp³-hybridized carbons (Fsp3) is 0.500. The van der Waals surface area contributed by atoms with Crippen LogP contribution in [0.1, 0.15) is 12.0 Å². The number of nitrogens with one attached hydrogen (secondary N) is 1. The standard InChI is InChI=1S/C12H18N2O5S/c1-13-9-10-4-5-12(11(8-10)14(15)16)19-6-3-7-20(2,17)18/h4-5,8,13H,3,6-7,9H2,1-2H3. The minimum atomic E-state index is -3.04. The zero-order chi connectivity index (χ0) is 15.2. The molecule has 1 aromatic rings. The molecule has 1 aromatic carbocycles. The highest BCUT2D eigenvalue weighted by Crippen LogP contribution is 2.28. The SMILES string of the molecule is CNCc1ccc(OCCCS(C)(=O)=O)c([N+](=O)[O-])c1. The van der Waals surface area contributed by atoms with E-state index in [1.165, 1.54) is 12.1 Å². The lowest BCUT2D eigenvalue weighted by molar-refractivity contribution is -0.385. The molecule has 0 saturated carbocycles. The van der Waals surface area contributed by atoms with Crippen molar-refractivity contribution in [1.29, 1.82) is 0 Å². The Bertz CT molecular complexity index is 571. The third kappa shape index (κ3) is 5.54. The topological polar surface area (TPSA) is 98.5 Å². The molecule has 8 heteroatoms. The maximum Gasteiger partial charge on any atom is 0.311 e. The molecule has 0 fully saturated rings. The number of nitro benzene ring substituents is 1. The number of ether oxygens (including phenoxy) is 1. The molecule has 0 aliphatic carbocycles. The van der Waals surface area contributed by atoms with Crippen LogP contribution in [0.25, 0.3) is 0 Å². The minimum Gasteiger partial charge on any atom is -0.487 e. The van der Waals surface area contributed by atoms with Gasteiger partial charge in [-0.3, -0.25) is 10.1 Å². The summed E-state index contributed by atoms with van der Waals surface area (Å²) in [5.41, 5.74) is 0.666. The highest BCUT2D eigenvalue weighted by molar-refractivity contribution is 7.90. The Balaban J connectivity index is 2.71. The van der Waals surface area contributed by atoms with E-state index in [1.807, 2.05) is 0 Å². The Morgan fingerprint density at radius 2 is 2.10 bits per heavy atom. The van der Waals surface area contributed by atoms with Crippen LogP contribution in [0.5, 0.6) is 5.75 Å². The first kappa shape index (κ1) is 16.4. The summed E-state index contributed by atoms with van der Waals surface area (Å²) in [6.45, 7) is 0.647. The molecule has 0 unspecified atom stereocenters. The number of sulfone groups is 1. The van der Waals surface area contributed by atoms with Gasteiger partial charge in [0.25, 0.3) is 0 Å². The third-order valence-electron chi connectivity index (χ3n) is 2.52. The van der Waals surface area contributed by atoms with E-state index in [0.717, 1.165) is 11.8 Å². The van der Waals surface area contributed by atoms with Gasteiger partial charge in [-0.15, -0.1) is 0 Å². The van der Waals surface area contributed by atoms with Gasteiger partial charge in [-0.2, -0.15) is 0 Å². The van der Waals surface area contributed by atoms with Crippen molar-refractivity contribution >= 4 is 15.5 Å². The molecule has 0 aliphatic heterocycles. The number of rotatable bonds is 8. The van der Waals surface area contributed by atoms with Crippen LogP contribution in [0.15, 0.2) is 18.2 Å². The van der Waals surface area contributed by atoms with Crippen molar-refractivity contribution in [3.8, 4) is 5.75 Å². The number of hydrogen-bond donors (Lipinski definition) is 1. The second-order valence-electron chi connectivity index (χ2n) is 4.42. The van der Waals surface area contributed by atoms with E-state index in [2.05, 4.69) is 5.32 Å². The molecule has 0 aromatic heterocycles. The predicted molar refractivity (Wildman–Crippen MR) is 75.7 cm³/mol. The highest BCUT2D eigenvalue weighted by atomic mass is 32.2. The lowest BCUT2D eigenvalue weighted by Gasteiger charge is -2.08. The molecule has 0 atom stereocenters. The number of nitrogens with zero attached hydrogens (tertiary/aromatic N) is 1. The van der Waals surface area contributed by atoms with Gasteiger partial charge in [0.15, 0.2) is 5.75 Å². The molecule has 0 heterocycles. The summed E-state index contributed by atoms with van der Waals surface area (Å²) in [7, 11) is -1.29. The summed E-state index contributed by atoms with van der Waals surface area (Å²) in [6.07, 6.45) is 1.44. The summed E-state index contributed by atoms with van der Waals surface area (Å²) in [4.78, 5) is 10.5. The quantitative estimate of drug-likeness (QED) is 0.439. The molecule has 0 aliphatic rings. The molecule has 0 amide bonds. The molecule has 1 N–H and O–H groups in total. The second kappa shape index (κ2) is 7.20. The van der Waals surface area contributed by atoms with E-state index in [0.29, 0.717) is 13.0 Å². The van der Waals surface area contributed by atoms with Gasteiger partial charge >= 0.3 is 5.69 Å². The normalized spacial score (nSPS) is 11.3. The van der Waals surface area contributed by atoms with E-state index in [-0.39, 0.29) is 23.8 Å². The fourth-order valence-corrected chi connectivity index (χ4v) is 2.29. The Labute approximate surface area is 118 Å². The van der Waals surface area contributed by atoms with Crippen LogP contribution in [0.4, 0.5) is 5.69 Å². The van der Waals surface area contributed by atoms with Crippen LogP contribution in [-0.4, -0.2) is 39.0 Å². The van der Waals surface area contributed by atoms with E-state index in [9.17, 15) is 18.5 Å². The van der Waals surface area contributed by atoms with Gasteiger partial charge in [0.05, 0.1) is 17.3 Å². The molecule has 1 rings (SSSR count). The Morgan fingerprint density at radius 1 is 1.40 bits per heavy atom. The van der Waals surface area contributed by atoms with Crippen LogP contribution in [-0.2, 0) is 16.4 Å². The molecule has 0 bridgehead atoms. The summed E-state index contributed by atoms with van der Waals surface area (Å²) >= 11 is 0. The Kier molecular flexibility index (Phi) is 5.90. The van der Waals surface area contributed by atoms with Crippen molar-refractivity contribution < 1.29 is 18.1 Å². The van der Waals surface area contributed by atoms with Gasteiger partial charge in [0, 0.05) is 18.9 Å². The number of benzene rings is 1. The predicted octanol–water partition coefficient (Wildman–Crippen LogP) is 1.13. The lowest BCUT2D eigenvalue weighted by atomic mass is 10.2. The van der Waals surface area contributed by atoms with Crippen LogP contribution >= 0.6 is 0 Å². The third-order valence-corrected chi connectivity index (χ3v) is 3.55. The smallest absolute Gasteiger partial charge is 0.311 e. The minimum absolute atomic E-state index is 0.00135. The Hall–Kier alpha value is -1.67. The van der Waals surface area contributed by atoms with Crippen LogP contribution in [0, 0.1) is 10.1 Å². The van der Waals surface area contributed by atoms with Gasteiger partial charge in [0.2, 0.25) is 0 Å². The molecular formula is C12H18N2O5S. The van der Waals surface area contributed by atoms with Crippen LogP contribution in [0.3, 0.4) is 0 Å². The first-order valence-electron chi connectivity index (χ1n) is 6.06. The molecule has 0 spiro atoms. The molecule has 112 valence electrons. The molecule has 20 heavy (non-hydrogen) atoms. The van der Waals surface area contributed by atoms with Gasteiger partial charge in [-0.25, -0.2) is 8.42 Å². The van der Waals surface area contributed by atoms with Crippen molar-refractivity contribution in [3.63, 3.8) is 0 Å². The first-order valence-corrected chi connectivity index (χ1v) is 8.12. The average Bonchev–Trinajstić information content (AvgIpc) is 2.35. The highest BCUT2D eigenvalue weighted by Gasteiger charge is 2.16. The van der Waals surface area contributed by atoms with Crippen LogP contribution in [0.2, 0.25) is 0 Å². The second-order valence-corrected chi connectivity index (χ2v) is 6.68. The summed E-state index contributed by atoms with van der Waals surface area (Å²) < 4.78 is 27.2. The van der Waals surface area contributed by atoms with Gasteiger partial charge in [0.1, 0.15) is 9.84 Å².